The number of nitrogens with one attached hydrogen (secondary N) is 1. The van der Waals surface area contributed by atoms with E-state index in [-0.39, 0.29) is 18.8 Å². The van der Waals surface area contributed by atoms with Crippen LogP contribution in [0, 0.1) is 15.9 Å². The fraction of sp³-hybridized carbons (Fsp3) is 0.364. The SMILES string of the molecule is CNC(CCOc1ccc(F)cc1[N+](=O)[O-])C(N)=O. The van der Waals surface area contributed by atoms with Gasteiger partial charge in [-0.1, -0.05) is 0 Å². The summed E-state index contributed by atoms with van der Waals surface area (Å²) in [6.45, 7) is 0.0426. The van der Waals surface area contributed by atoms with Gasteiger partial charge in [0.15, 0.2) is 5.75 Å². The molecule has 7 nitrogen and oxygen atoms in total. The first-order valence-corrected chi connectivity index (χ1v) is 5.49. The van der Waals surface area contributed by atoms with Crippen LogP contribution in [-0.2, 0) is 4.79 Å². The molecule has 0 aromatic heterocycles. The molecule has 0 spiro atoms. The highest BCUT2D eigenvalue weighted by atomic mass is 19.1. The molecule has 1 aromatic rings. The maximum Gasteiger partial charge on any atom is 0.313 e. The Morgan fingerprint density at radius 1 is 1.63 bits per heavy atom. The molecule has 104 valence electrons. The number of ether oxygens (including phenoxy) is 1. The summed E-state index contributed by atoms with van der Waals surface area (Å²) >= 11 is 0. The van der Waals surface area contributed by atoms with Gasteiger partial charge in [-0.25, -0.2) is 4.39 Å². The quantitative estimate of drug-likeness (QED) is 0.557. The van der Waals surface area contributed by atoms with Crippen molar-refractivity contribution in [3.8, 4) is 5.75 Å². The fourth-order valence-corrected chi connectivity index (χ4v) is 1.47. The summed E-state index contributed by atoms with van der Waals surface area (Å²) in [7, 11) is 1.57. The lowest BCUT2D eigenvalue weighted by molar-refractivity contribution is -0.386. The van der Waals surface area contributed by atoms with Crippen LogP contribution in [0.3, 0.4) is 0 Å². The van der Waals surface area contributed by atoms with Crippen LogP contribution in [0.2, 0.25) is 0 Å². The topological polar surface area (TPSA) is 107 Å². The number of carbonyl (C=O) groups excluding carboxylic acids is 1. The minimum atomic E-state index is -0.734. The van der Waals surface area contributed by atoms with Gasteiger partial charge in [-0.2, -0.15) is 0 Å². The van der Waals surface area contributed by atoms with Crippen molar-refractivity contribution < 1.29 is 18.8 Å². The van der Waals surface area contributed by atoms with E-state index in [0.717, 1.165) is 12.1 Å². The zero-order chi connectivity index (χ0) is 14.4. The molecular formula is C11H14FN3O4. The fourth-order valence-electron chi connectivity index (χ4n) is 1.47. The van der Waals surface area contributed by atoms with Gasteiger partial charge >= 0.3 is 5.69 Å². The Hall–Kier alpha value is -2.22. The zero-order valence-electron chi connectivity index (χ0n) is 10.3. The van der Waals surface area contributed by atoms with Crippen LogP contribution < -0.4 is 15.8 Å². The highest BCUT2D eigenvalue weighted by Crippen LogP contribution is 2.27. The Bertz CT molecular complexity index is 481. The number of nitro groups is 1. The first-order chi connectivity index (χ1) is 8.95. The van der Waals surface area contributed by atoms with E-state index in [4.69, 9.17) is 10.5 Å². The van der Waals surface area contributed by atoms with Crippen LogP contribution in [0.1, 0.15) is 6.42 Å². The maximum absolute atomic E-state index is 12.9. The Kier molecular flexibility index (Phi) is 5.19. The van der Waals surface area contributed by atoms with E-state index in [9.17, 15) is 19.3 Å². The number of nitro benzene ring substituents is 1. The summed E-state index contributed by atoms with van der Waals surface area (Å²) in [6.07, 6.45) is 0.250. The Balaban J connectivity index is 2.68. The van der Waals surface area contributed by atoms with Crippen molar-refractivity contribution in [1.29, 1.82) is 0 Å². The number of hydrogen-bond donors (Lipinski definition) is 2. The highest BCUT2D eigenvalue weighted by molar-refractivity contribution is 5.79. The first kappa shape index (κ1) is 14.8. The summed E-state index contributed by atoms with van der Waals surface area (Å²) in [4.78, 5) is 20.9. The third kappa shape index (κ3) is 4.18. The summed E-state index contributed by atoms with van der Waals surface area (Å²) in [5, 5.41) is 13.4. The van der Waals surface area contributed by atoms with Gasteiger partial charge in [-0.05, 0) is 19.2 Å². The predicted octanol–water partition coefficient (Wildman–Crippen LogP) is 0.576. The van der Waals surface area contributed by atoms with E-state index < -0.39 is 28.4 Å². The minimum Gasteiger partial charge on any atom is -0.487 e. The van der Waals surface area contributed by atoms with Crippen molar-refractivity contribution >= 4 is 11.6 Å². The lowest BCUT2D eigenvalue weighted by atomic mass is 10.2. The summed E-state index contributed by atoms with van der Waals surface area (Å²) in [5.41, 5.74) is 4.65. The van der Waals surface area contributed by atoms with Crippen LogP contribution in [0.4, 0.5) is 10.1 Å². The highest BCUT2D eigenvalue weighted by Gasteiger charge is 2.17. The molecule has 8 heteroatoms. The van der Waals surface area contributed by atoms with Gasteiger partial charge in [0.05, 0.1) is 23.6 Å². The number of hydrogen-bond acceptors (Lipinski definition) is 5. The van der Waals surface area contributed by atoms with Crippen LogP contribution in [0.5, 0.6) is 5.75 Å². The van der Waals surface area contributed by atoms with Crippen molar-refractivity contribution in [2.24, 2.45) is 5.73 Å². The van der Waals surface area contributed by atoms with E-state index in [2.05, 4.69) is 5.32 Å². The van der Waals surface area contributed by atoms with E-state index >= 15 is 0 Å². The van der Waals surface area contributed by atoms with Gasteiger partial charge in [-0.3, -0.25) is 14.9 Å². The van der Waals surface area contributed by atoms with Crippen LogP contribution in [0.15, 0.2) is 18.2 Å². The molecule has 1 unspecified atom stereocenters. The molecule has 0 aliphatic heterocycles. The molecule has 0 aliphatic rings. The molecule has 1 atom stereocenters. The summed E-state index contributed by atoms with van der Waals surface area (Å²) < 4.78 is 18.1. The van der Waals surface area contributed by atoms with E-state index in [0.29, 0.717) is 0 Å². The predicted molar refractivity (Wildman–Crippen MR) is 65.2 cm³/mol. The first-order valence-electron chi connectivity index (χ1n) is 5.49. The Morgan fingerprint density at radius 2 is 2.32 bits per heavy atom. The monoisotopic (exact) mass is 271 g/mol. The largest absolute Gasteiger partial charge is 0.487 e. The average molecular weight is 271 g/mol. The summed E-state index contributed by atoms with van der Waals surface area (Å²) in [5.74, 6) is -1.31. The van der Waals surface area contributed by atoms with Crippen molar-refractivity contribution in [2.45, 2.75) is 12.5 Å². The van der Waals surface area contributed by atoms with Gasteiger partial charge in [0, 0.05) is 6.42 Å². The molecule has 1 rings (SSSR count). The third-order valence-electron chi connectivity index (χ3n) is 2.47. The second-order valence-electron chi connectivity index (χ2n) is 3.75. The van der Waals surface area contributed by atoms with Gasteiger partial charge in [0.25, 0.3) is 0 Å². The van der Waals surface area contributed by atoms with Gasteiger partial charge < -0.3 is 15.8 Å². The van der Waals surface area contributed by atoms with Gasteiger partial charge in [-0.15, -0.1) is 0 Å². The van der Waals surface area contributed by atoms with Crippen LogP contribution >= 0.6 is 0 Å². The molecule has 0 fully saturated rings. The molecule has 0 aliphatic carbocycles. The number of halogens is 1. The number of amides is 1. The van der Waals surface area contributed by atoms with Crippen LogP contribution in [0.25, 0.3) is 0 Å². The molecule has 0 saturated carbocycles. The van der Waals surface area contributed by atoms with E-state index in [1.165, 1.54) is 6.07 Å². The van der Waals surface area contributed by atoms with E-state index in [1.807, 2.05) is 0 Å². The Morgan fingerprint density at radius 3 is 2.84 bits per heavy atom. The smallest absolute Gasteiger partial charge is 0.313 e. The molecule has 19 heavy (non-hydrogen) atoms. The standard InChI is InChI=1S/C11H14FN3O4/c1-14-8(11(13)16)4-5-19-10-3-2-7(12)6-9(10)15(17)18/h2-3,6,8,14H,4-5H2,1H3,(H2,13,16). The van der Waals surface area contributed by atoms with Crippen molar-refractivity contribution in [3.05, 3.63) is 34.1 Å². The van der Waals surface area contributed by atoms with E-state index in [1.54, 1.807) is 7.05 Å². The number of likely N-dealkylation sites (N-methyl/N-ethyl adjacent to an activating group) is 1. The number of carbonyl (C=O) groups is 1. The zero-order valence-corrected chi connectivity index (χ0v) is 10.3. The lowest BCUT2D eigenvalue weighted by Gasteiger charge is -2.12. The Labute approximate surface area is 108 Å². The molecular weight excluding hydrogens is 257 g/mol. The van der Waals surface area contributed by atoms with Gasteiger partial charge in [0.2, 0.25) is 5.91 Å². The molecule has 0 bridgehead atoms. The van der Waals surface area contributed by atoms with Crippen LogP contribution in [-0.4, -0.2) is 30.5 Å². The molecule has 0 radical (unpaired) electrons. The molecule has 3 N–H and O–H groups in total. The molecule has 0 heterocycles. The van der Waals surface area contributed by atoms with Crippen molar-refractivity contribution in [1.82, 2.24) is 5.32 Å². The molecule has 1 amide bonds. The molecule has 1 aromatic carbocycles. The molecule has 0 saturated heterocycles. The summed E-state index contributed by atoms with van der Waals surface area (Å²) in [6, 6.07) is 2.43. The second kappa shape index (κ2) is 6.64. The number of primary amides is 1. The lowest BCUT2D eigenvalue weighted by Crippen LogP contribution is -2.40. The maximum atomic E-state index is 12.9. The average Bonchev–Trinajstić information content (AvgIpc) is 2.35. The number of nitrogens with zero attached hydrogens (tertiary/aromatic N) is 1. The third-order valence-corrected chi connectivity index (χ3v) is 2.47. The van der Waals surface area contributed by atoms with Crippen molar-refractivity contribution in [2.75, 3.05) is 13.7 Å². The van der Waals surface area contributed by atoms with Crippen molar-refractivity contribution in [3.63, 3.8) is 0 Å². The number of nitrogens with two attached hydrogens (primary N) is 1. The normalized spacial score (nSPS) is 11.9. The number of benzene rings is 1. The second-order valence-corrected chi connectivity index (χ2v) is 3.75. The number of rotatable bonds is 7. The minimum absolute atomic E-state index is 0.0426. The van der Waals surface area contributed by atoms with Gasteiger partial charge in [0.1, 0.15) is 5.82 Å².